The number of aryl methyl sites for hydroxylation is 8. The zero-order chi connectivity index (χ0) is 51.1. The van der Waals surface area contributed by atoms with E-state index >= 15 is 0 Å². The number of nitrogens with one attached hydrogen (secondary N) is 4. The van der Waals surface area contributed by atoms with Gasteiger partial charge in [0.05, 0.1) is 5.56 Å². The monoisotopic (exact) mass is 936 g/mol. The number of carboxylic acid groups (broad SMARTS) is 1. The molecule has 70 heavy (non-hydrogen) atoms. The fraction of sp³-hybridized carbons (Fsp3) is 0.203. The van der Waals surface area contributed by atoms with Gasteiger partial charge < -0.3 is 31.1 Å². The van der Waals surface area contributed by atoms with Crippen LogP contribution < -0.4 is 26.0 Å². The molecule has 0 aliphatic heterocycles. The van der Waals surface area contributed by atoms with Crippen LogP contribution in [0.1, 0.15) is 110 Å². The molecule has 0 fully saturated rings. The van der Waals surface area contributed by atoms with Crippen molar-refractivity contribution in [3.8, 4) is 33.8 Å². The third-order valence-electron chi connectivity index (χ3n) is 12.3. The van der Waals surface area contributed by atoms with Crippen molar-refractivity contribution in [2.24, 2.45) is 0 Å². The largest absolute Gasteiger partial charge is 0.478 e. The van der Waals surface area contributed by atoms with Gasteiger partial charge in [0.15, 0.2) is 11.6 Å². The second-order valence-electron chi connectivity index (χ2n) is 17.7. The lowest BCUT2D eigenvalue weighted by atomic mass is 9.89. The number of carboxylic acids is 1. The summed E-state index contributed by atoms with van der Waals surface area (Å²) in [4.78, 5) is 61.4. The maximum Gasteiger partial charge on any atom is 0.335 e. The number of carbonyl (C=O) groups excluding carboxylic acids is 4. The predicted molar refractivity (Wildman–Crippen MR) is 283 cm³/mol. The maximum absolute atomic E-state index is 13.1. The Morgan fingerprint density at radius 2 is 0.714 bits per heavy atom. The van der Waals surface area contributed by atoms with Gasteiger partial charge >= 0.3 is 5.97 Å². The van der Waals surface area contributed by atoms with Crippen molar-refractivity contribution in [3.63, 3.8) is 0 Å². The Bertz CT molecular complexity index is 3190. The molecule has 7 aromatic rings. The van der Waals surface area contributed by atoms with Crippen molar-refractivity contribution in [3.05, 3.63) is 188 Å². The number of rotatable bonds is 13. The fourth-order valence-corrected chi connectivity index (χ4v) is 8.47. The molecule has 7 rings (SSSR count). The normalized spacial score (nSPS) is 10.6. The number of hydrogen-bond acceptors (Lipinski definition) is 8. The first kappa shape index (κ1) is 51.1. The van der Waals surface area contributed by atoms with E-state index in [0.29, 0.717) is 39.5 Å². The van der Waals surface area contributed by atoms with Crippen LogP contribution in [0.4, 0.5) is 22.7 Å². The molecule has 0 unspecified atom stereocenters. The molecule has 11 nitrogen and oxygen atoms in total. The fourth-order valence-electron chi connectivity index (χ4n) is 8.47. The summed E-state index contributed by atoms with van der Waals surface area (Å²) in [6.45, 7) is 18.8. The van der Waals surface area contributed by atoms with Gasteiger partial charge in [-0.15, -0.1) is 0 Å². The van der Waals surface area contributed by atoms with Crippen molar-refractivity contribution in [1.29, 1.82) is 0 Å². The third-order valence-corrected chi connectivity index (χ3v) is 12.3. The molecule has 358 valence electrons. The summed E-state index contributed by atoms with van der Waals surface area (Å²) in [7, 11) is 3.56. The van der Waals surface area contributed by atoms with E-state index in [2.05, 4.69) is 33.4 Å². The number of amides is 2. The topological polar surface area (TPSA) is 163 Å². The number of ether oxygens (including phenoxy) is 1. The van der Waals surface area contributed by atoms with E-state index in [1.165, 1.54) is 12.1 Å². The van der Waals surface area contributed by atoms with Crippen LogP contribution in [-0.2, 0) is 0 Å². The SMILES string of the molecule is CNc1cc(NC(=O)c2cc(C)c(-c3cc(C)c(C(C)=O)cc3C)cc2C)cc(C(=O)O)c1.CNc1ccc(Oc2ccc(NC(=O)c3cc(C)c(-c4cc(C)c(C(C)=O)cc4C)cc3C)cc2)cc1. The predicted octanol–water partition coefficient (Wildman–Crippen LogP) is 13.7. The summed E-state index contributed by atoms with van der Waals surface area (Å²) in [6, 6.07) is 35.4. The number of Topliss-reactive ketones (excluding diaryl/α,β-unsaturated/α-hetero) is 2. The molecular weight excluding hydrogens is 877 g/mol. The minimum absolute atomic E-state index is 0.0375. The molecule has 2 amide bonds. The Morgan fingerprint density at radius 1 is 0.386 bits per heavy atom. The van der Waals surface area contributed by atoms with Gasteiger partial charge in [-0.2, -0.15) is 0 Å². The highest BCUT2D eigenvalue weighted by molar-refractivity contribution is 6.07. The Balaban J connectivity index is 0.000000231. The van der Waals surface area contributed by atoms with E-state index in [-0.39, 0.29) is 28.9 Å². The molecular formula is C59H60N4O7. The first-order valence-electron chi connectivity index (χ1n) is 22.9. The molecule has 0 aliphatic carbocycles. The minimum atomic E-state index is -1.07. The van der Waals surface area contributed by atoms with E-state index in [1.54, 1.807) is 27.0 Å². The minimum Gasteiger partial charge on any atom is -0.478 e. The smallest absolute Gasteiger partial charge is 0.335 e. The second-order valence-corrected chi connectivity index (χ2v) is 17.7. The first-order chi connectivity index (χ1) is 33.2. The molecule has 5 N–H and O–H groups in total. The van der Waals surface area contributed by atoms with E-state index in [9.17, 15) is 29.1 Å². The number of carbonyl (C=O) groups is 5. The first-order valence-corrected chi connectivity index (χ1v) is 22.9. The molecule has 0 atom stereocenters. The van der Waals surface area contributed by atoms with E-state index < -0.39 is 5.97 Å². The Morgan fingerprint density at radius 3 is 1.07 bits per heavy atom. The number of anilines is 4. The quantitative estimate of drug-likeness (QED) is 0.0708. The van der Waals surface area contributed by atoms with Crippen LogP contribution in [0.3, 0.4) is 0 Å². The van der Waals surface area contributed by atoms with Crippen LogP contribution in [0.5, 0.6) is 11.5 Å². The van der Waals surface area contributed by atoms with E-state index in [4.69, 9.17) is 4.74 Å². The summed E-state index contributed by atoms with van der Waals surface area (Å²) < 4.78 is 5.89. The standard InChI is InChI=1S/C32H32N2O3.C27H28N2O4/c1-19-16-29(20(2)15-28(19)23(5)35)30-17-22(4)31(18-21(30)3)32(36)34-25-9-13-27(14-10-25)37-26-11-7-24(33-6)8-12-26;1-14-8-23(15(2)7-22(14)18(5)30)24-9-17(4)25(10-16(24)3)26(31)29-21-12-19(27(32)33)11-20(13-21)28-6/h7-18,33H,1-6H3,(H,34,36);7-13,28H,1-6H3,(H,29,31)(H,32,33). The zero-order valence-corrected chi connectivity index (χ0v) is 41.9. The van der Waals surface area contributed by atoms with Gasteiger partial charge in [0.1, 0.15) is 11.5 Å². The highest BCUT2D eigenvalue weighted by atomic mass is 16.5. The lowest BCUT2D eigenvalue weighted by molar-refractivity contribution is 0.0695. The molecule has 0 heterocycles. The number of hydrogen-bond donors (Lipinski definition) is 5. The average Bonchev–Trinajstić information content (AvgIpc) is 3.32. The van der Waals surface area contributed by atoms with Crippen LogP contribution >= 0.6 is 0 Å². The summed E-state index contributed by atoms with van der Waals surface area (Å²) in [5.74, 6) is -0.0167. The summed E-state index contributed by atoms with van der Waals surface area (Å²) >= 11 is 0. The van der Waals surface area contributed by atoms with Crippen molar-refractivity contribution < 1.29 is 33.8 Å². The summed E-state index contributed by atoms with van der Waals surface area (Å²) in [5, 5.41) is 21.1. The van der Waals surface area contributed by atoms with Gasteiger partial charge in [0.25, 0.3) is 11.8 Å². The zero-order valence-electron chi connectivity index (χ0n) is 41.9. The summed E-state index contributed by atoms with van der Waals surface area (Å²) in [6.07, 6.45) is 0. The molecule has 0 spiro atoms. The Labute approximate surface area is 410 Å². The van der Waals surface area contributed by atoms with Crippen LogP contribution in [-0.4, -0.2) is 48.6 Å². The lowest BCUT2D eigenvalue weighted by Crippen LogP contribution is -2.15. The van der Waals surface area contributed by atoms with Crippen LogP contribution in [0.25, 0.3) is 22.3 Å². The van der Waals surface area contributed by atoms with Crippen molar-refractivity contribution >= 4 is 52.1 Å². The highest BCUT2D eigenvalue weighted by Gasteiger charge is 2.19. The van der Waals surface area contributed by atoms with E-state index in [1.807, 2.05) is 147 Å². The van der Waals surface area contributed by atoms with Crippen molar-refractivity contribution in [1.82, 2.24) is 0 Å². The van der Waals surface area contributed by atoms with Crippen molar-refractivity contribution in [2.45, 2.75) is 69.2 Å². The van der Waals surface area contributed by atoms with Gasteiger partial charge in [-0.25, -0.2) is 4.79 Å². The number of aromatic carboxylic acids is 1. The molecule has 7 aromatic carbocycles. The molecule has 0 radical (unpaired) electrons. The molecule has 0 bridgehead atoms. The van der Waals surface area contributed by atoms with Crippen LogP contribution in [0.15, 0.2) is 115 Å². The average molecular weight is 937 g/mol. The van der Waals surface area contributed by atoms with E-state index in [0.717, 1.165) is 83.8 Å². The molecule has 0 saturated carbocycles. The summed E-state index contributed by atoms with van der Waals surface area (Å²) in [5.41, 5.74) is 17.1. The lowest BCUT2D eigenvalue weighted by Gasteiger charge is -2.16. The Kier molecular flexibility index (Phi) is 15.9. The van der Waals surface area contributed by atoms with Gasteiger partial charge in [0.2, 0.25) is 0 Å². The molecule has 11 heteroatoms. The number of benzene rings is 7. The maximum atomic E-state index is 13.1. The van der Waals surface area contributed by atoms with Gasteiger partial charge in [0, 0.05) is 59.1 Å². The molecule has 0 aliphatic rings. The van der Waals surface area contributed by atoms with Gasteiger partial charge in [-0.05, 0) is 227 Å². The van der Waals surface area contributed by atoms with Gasteiger partial charge in [-0.3, -0.25) is 19.2 Å². The highest BCUT2D eigenvalue weighted by Crippen LogP contribution is 2.34. The van der Waals surface area contributed by atoms with Crippen molar-refractivity contribution in [2.75, 3.05) is 35.4 Å². The molecule has 0 aromatic heterocycles. The second kappa shape index (κ2) is 21.8. The molecule has 0 saturated heterocycles. The van der Waals surface area contributed by atoms with Gasteiger partial charge in [-0.1, -0.05) is 24.3 Å². The third kappa shape index (κ3) is 11.9. The Hall–Kier alpha value is -8.31. The van der Waals surface area contributed by atoms with Crippen LogP contribution in [0.2, 0.25) is 0 Å². The van der Waals surface area contributed by atoms with Crippen LogP contribution in [0, 0.1) is 55.4 Å². The number of ketones is 2.